The minimum atomic E-state index is 0.531. The van der Waals surface area contributed by atoms with Gasteiger partial charge in [0.2, 0.25) is 0 Å². The second kappa shape index (κ2) is 6.57. The molecule has 1 N–H and O–H groups in total. The average Bonchev–Trinajstić information content (AvgIpc) is 2.74. The number of nitrogens with one attached hydrogen (secondary N) is 1. The van der Waals surface area contributed by atoms with Gasteiger partial charge >= 0.3 is 0 Å². The number of hydrogen-bond acceptors (Lipinski definition) is 3. The fourth-order valence-electron chi connectivity index (χ4n) is 1.55. The van der Waals surface area contributed by atoms with Crippen molar-refractivity contribution in [3.05, 3.63) is 49.6 Å². The zero-order valence-electron chi connectivity index (χ0n) is 9.87. The molecule has 0 spiro atoms. The van der Waals surface area contributed by atoms with Crippen LogP contribution in [0.5, 0.6) is 5.75 Å². The van der Waals surface area contributed by atoms with E-state index in [2.05, 4.69) is 21.2 Å². The van der Waals surface area contributed by atoms with E-state index in [1.807, 2.05) is 36.7 Å². The van der Waals surface area contributed by atoms with E-state index >= 15 is 0 Å². The molecule has 5 heteroatoms. The summed E-state index contributed by atoms with van der Waals surface area (Å²) in [6.45, 7) is 1.33. The lowest BCUT2D eigenvalue weighted by atomic mass is 10.2. The molecule has 96 valence electrons. The zero-order chi connectivity index (χ0) is 13.0. The number of ether oxygens (including phenoxy) is 1. The van der Waals surface area contributed by atoms with Crippen LogP contribution < -0.4 is 10.1 Å². The minimum Gasteiger partial charge on any atom is -0.486 e. The molecule has 0 bridgehead atoms. The van der Waals surface area contributed by atoms with Gasteiger partial charge in [-0.2, -0.15) is 0 Å². The Hall–Kier alpha value is -0.550. The van der Waals surface area contributed by atoms with E-state index in [1.54, 1.807) is 11.3 Å². The molecule has 2 rings (SSSR count). The molecule has 0 unspecified atom stereocenters. The van der Waals surface area contributed by atoms with Crippen molar-refractivity contribution < 1.29 is 4.74 Å². The highest BCUT2D eigenvalue weighted by molar-refractivity contribution is 9.10. The Balaban J connectivity index is 2.03. The van der Waals surface area contributed by atoms with Gasteiger partial charge in [-0.1, -0.05) is 17.7 Å². The molecule has 2 aromatic rings. The summed E-state index contributed by atoms with van der Waals surface area (Å²) in [7, 11) is 1.91. The first kappa shape index (κ1) is 13.9. The Morgan fingerprint density at radius 1 is 1.39 bits per heavy atom. The molecule has 18 heavy (non-hydrogen) atoms. The molecule has 0 fully saturated rings. The molecule has 1 aromatic heterocycles. The molecule has 0 amide bonds. The lowest BCUT2D eigenvalue weighted by molar-refractivity contribution is 0.309. The largest absolute Gasteiger partial charge is 0.486 e. The maximum absolute atomic E-state index is 6.18. The van der Waals surface area contributed by atoms with Crippen LogP contribution in [-0.4, -0.2) is 7.05 Å². The smallest absolute Gasteiger partial charge is 0.138 e. The van der Waals surface area contributed by atoms with Crippen LogP contribution in [0.2, 0.25) is 5.02 Å². The van der Waals surface area contributed by atoms with Crippen LogP contribution in [0.15, 0.2) is 34.1 Å². The third-order valence-corrected chi connectivity index (χ3v) is 4.62. The Bertz CT molecular complexity index is 529. The van der Waals surface area contributed by atoms with E-state index in [4.69, 9.17) is 16.3 Å². The van der Waals surface area contributed by atoms with Crippen LogP contribution >= 0.6 is 38.9 Å². The number of benzene rings is 1. The molecule has 0 aliphatic carbocycles. The number of halogens is 2. The highest BCUT2D eigenvalue weighted by atomic mass is 79.9. The van der Waals surface area contributed by atoms with Crippen molar-refractivity contribution in [1.29, 1.82) is 0 Å². The quantitative estimate of drug-likeness (QED) is 0.863. The van der Waals surface area contributed by atoms with Gasteiger partial charge in [0.1, 0.15) is 12.4 Å². The molecule has 0 saturated carbocycles. The van der Waals surface area contributed by atoms with Crippen molar-refractivity contribution in [2.75, 3.05) is 7.05 Å². The Labute approximate surface area is 124 Å². The zero-order valence-corrected chi connectivity index (χ0v) is 13.0. The van der Waals surface area contributed by atoms with Gasteiger partial charge in [-0.25, -0.2) is 0 Å². The van der Waals surface area contributed by atoms with Crippen molar-refractivity contribution in [1.82, 2.24) is 5.32 Å². The van der Waals surface area contributed by atoms with Gasteiger partial charge in [0.05, 0.1) is 9.90 Å². The summed E-state index contributed by atoms with van der Waals surface area (Å²) >= 11 is 11.3. The number of hydrogen-bond donors (Lipinski definition) is 1. The SMILES string of the molecule is CNCc1ccc(OCc2sccc2Br)c(Cl)c1. The van der Waals surface area contributed by atoms with E-state index < -0.39 is 0 Å². The van der Waals surface area contributed by atoms with Gasteiger partial charge in [0, 0.05) is 11.0 Å². The Morgan fingerprint density at radius 3 is 2.83 bits per heavy atom. The van der Waals surface area contributed by atoms with Gasteiger partial charge in [-0.05, 0) is 52.1 Å². The molecule has 0 saturated heterocycles. The molecular weight excluding hydrogens is 334 g/mol. The van der Waals surface area contributed by atoms with Crippen LogP contribution in [0.25, 0.3) is 0 Å². The summed E-state index contributed by atoms with van der Waals surface area (Å²) in [6, 6.07) is 7.87. The fourth-order valence-corrected chi connectivity index (χ4v) is 3.18. The molecule has 2 nitrogen and oxygen atoms in total. The first-order valence-corrected chi connectivity index (χ1v) is 7.53. The van der Waals surface area contributed by atoms with E-state index in [1.165, 1.54) is 0 Å². The molecule has 1 heterocycles. The monoisotopic (exact) mass is 345 g/mol. The van der Waals surface area contributed by atoms with Crippen molar-refractivity contribution >= 4 is 38.9 Å². The highest BCUT2D eigenvalue weighted by Gasteiger charge is 2.06. The third-order valence-electron chi connectivity index (χ3n) is 2.43. The lowest BCUT2D eigenvalue weighted by Gasteiger charge is -2.09. The van der Waals surface area contributed by atoms with Crippen LogP contribution in [0, 0.1) is 0 Å². The maximum Gasteiger partial charge on any atom is 0.138 e. The first-order valence-electron chi connectivity index (χ1n) is 5.48. The standard InChI is InChI=1S/C13H13BrClNOS/c1-16-7-9-2-3-12(11(15)6-9)17-8-13-10(14)4-5-18-13/h2-6,16H,7-8H2,1H3. The molecule has 1 aromatic carbocycles. The number of thiophene rings is 1. The highest BCUT2D eigenvalue weighted by Crippen LogP contribution is 2.29. The van der Waals surface area contributed by atoms with Crippen molar-refractivity contribution in [2.45, 2.75) is 13.2 Å². The normalized spacial score (nSPS) is 10.6. The summed E-state index contributed by atoms with van der Waals surface area (Å²) in [5.41, 5.74) is 1.15. The summed E-state index contributed by atoms with van der Waals surface area (Å²) < 4.78 is 6.80. The van der Waals surface area contributed by atoms with Gasteiger partial charge < -0.3 is 10.1 Å². The predicted molar refractivity (Wildman–Crippen MR) is 80.6 cm³/mol. The van der Waals surface area contributed by atoms with E-state index in [9.17, 15) is 0 Å². The van der Waals surface area contributed by atoms with Crippen LogP contribution in [0.3, 0.4) is 0 Å². The van der Waals surface area contributed by atoms with Gasteiger partial charge in [0.25, 0.3) is 0 Å². The first-order chi connectivity index (χ1) is 8.70. The van der Waals surface area contributed by atoms with E-state index in [0.29, 0.717) is 11.6 Å². The molecule has 0 atom stereocenters. The topological polar surface area (TPSA) is 21.3 Å². The molecule has 0 aliphatic heterocycles. The van der Waals surface area contributed by atoms with Crippen LogP contribution in [0.1, 0.15) is 10.4 Å². The summed E-state index contributed by atoms with van der Waals surface area (Å²) in [6.07, 6.45) is 0. The van der Waals surface area contributed by atoms with Crippen LogP contribution in [-0.2, 0) is 13.2 Å². The molecular formula is C13H13BrClNOS. The average molecular weight is 347 g/mol. The Kier molecular flexibility index (Phi) is 5.06. The summed E-state index contributed by atoms with van der Waals surface area (Å²) in [5, 5.41) is 5.77. The van der Waals surface area contributed by atoms with E-state index in [-0.39, 0.29) is 0 Å². The van der Waals surface area contributed by atoms with Gasteiger partial charge in [0.15, 0.2) is 0 Å². The Morgan fingerprint density at radius 2 is 2.22 bits per heavy atom. The molecule has 0 radical (unpaired) electrons. The second-order valence-corrected chi connectivity index (χ2v) is 6.04. The summed E-state index contributed by atoms with van der Waals surface area (Å²) in [4.78, 5) is 1.16. The van der Waals surface area contributed by atoms with Crippen molar-refractivity contribution in [3.63, 3.8) is 0 Å². The minimum absolute atomic E-state index is 0.531. The second-order valence-electron chi connectivity index (χ2n) is 3.78. The third kappa shape index (κ3) is 3.48. The van der Waals surface area contributed by atoms with Crippen molar-refractivity contribution in [3.8, 4) is 5.75 Å². The summed E-state index contributed by atoms with van der Waals surface area (Å²) in [5.74, 6) is 0.719. The predicted octanol–water partition coefficient (Wildman–Crippen LogP) is 4.46. The lowest BCUT2D eigenvalue weighted by Crippen LogP contribution is -2.05. The maximum atomic E-state index is 6.18. The fraction of sp³-hybridized carbons (Fsp3) is 0.231. The van der Waals surface area contributed by atoms with Crippen LogP contribution in [0.4, 0.5) is 0 Å². The van der Waals surface area contributed by atoms with Gasteiger partial charge in [-0.3, -0.25) is 0 Å². The number of rotatable bonds is 5. The van der Waals surface area contributed by atoms with E-state index in [0.717, 1.165) is 27.2 Å². The van der Waals surface area contributed by atoms with Gasteiger partial charge in [-0.15, -0.1) is 11.3 Å². The van der Waals surface area contributed by atoms with Crippen molar-refractivity contribution in [2.24, 2.45) is 0 Å². The molecule has 0 aliphatic rings.